The third-order valence-electron chi connectivity index (χ3n) is 5.22. The van der Waals surface area contributed by atoms with Crippen LogP contribution < -0.4 is 15.0 Å². The third kappa shape index (κ3) is 6.19. The van der Waals surface area contributed by atoms with Crippen LogP contribution >= 0.6 is 23.4 Å². The van der Waals surface area contributed by atoms with Gasteiger partial charge >= 0.3 is 0 Å². The predicted octanol–water partition coefficient (Wildman–Crippen LogP) is 4.27. The van der Waals surface area contributed by atoms with E-state index in [4.69, 9.17) is 20.8 Å². The van der Waals surface area contributed by atoms with E-state index in [1.54, 1.807) is 6.07 Å². The Hall–Kier alpha value is -2.75. The highest BCUT2D eigenvalue weighted by atomic mass is 35.5. The summed E-state index contributed by atoms with van der Waals surface area (Å²) in [7, 11) is 2.11. The van der Waals surface area contributed by atoms with Gasteiger partial charge in [-0.25, -0.2) is 0 Å². The van der Waals surface area contributed by atoms with Gasteiger partial charge in [0.15, 0.2) is 0 Å². The van der Waals surface area contributed by atoms with E-state index in [9.17, 15) is 4.79 Å². The average Bonchev–Trinajstić information content (AvgIpc) is 3.29. The maximum Gasteiger partial charge on any atom is 0.277 e. The number of carbonyl (C=O) groups excluding carboxylic acids is 1. The first-order valence-corrected chi connectivity index (χ1v) is 12.1. The molecule has 174 valence electrons. The molecule has 0 bridgehead atoms. The van der Waals surface area contributed by atoms with Gasteiger partial charge < -0.3 is 24.3 Å². The summed E-state index contributed by atoms with van der Waals surface area (Å²) in [6.45, 7) is 6.28. The maximum atomic E-state index is 12.7. The Morgan fingerprint density at radius 1 is 1.15 bits per heavy atom. The number of amides is 1. The molecule has 10 heteroatoms. The first-order valence-electron chi connectivity index (χ1n) is 10.7. The van der Waals surface area contributed by atoms with Gasteiger partial charge in [0.1, 0.15) is 5.75 Å². The lowest BCUT2D eigenvalue weighted by atomic mass is 10.2. The van der Waals surface area contributed by atoms with Crippen molar-refractivity contribution in [3.8, 4) is 17.2 Å². The number of halogens is 1. The minimum absolute atomic E-state index is 0.138. The van der Waals surface area contributed by atoms with Gasteiger partial charge in [0, 0.05) is 36.8 Å². The molecule has 4 rings (SSSR count). The molecule has 0 radical (unpaired) electrons. The second-order valence-corrected chi connectivity index (χ2v) is 8.98. The van der Waals surface area contributed by atoms with Gasteiger partial charge in [-0.05, 0) is 56.4 Å². The van der Waals surface area contributed by atoms with Crippen molar-refractivity contribution in [2.75, 3.05) is 55.8 Å². The molecule has 1 fully saturated rings. The van der Waals surface area contributed by atoms with Crippen molar-refractivity contribution in [2.45, 2.75) is 12.1 Å². The van der Waals surface area contributed by atoms with Crippen molar-refractivity contribution in [1.29, 1.82) is 0 Å². The highest BCUT2D eigenvalue weighted by Gasteiger charge is 2.19. The predicted molar refractivity (Wildman–Crippen MR) is 131 cm³/mol. The van der Waals surface area contributed by atoms with E-state index in [1.807, 2.05) is 43.3 Å². The summed E-state index contributed by atoms with van der Waals surface area (Å²) in [5.41, 5.74) is 2.47. The van der Waals surface area contributed by atoms with Crippen LogP contribution in [0.5, 0.6) is 5.75 Å². The summed E-state index contributed by atoms with van der Waals surface area (Å²) >= 11 is 7.39. The lowest BCUT2D eigenvalue weighted by molar-refractivity contribution is -0.113. The van der Waals surface area contributed by atoms with Gasteiger partial charge in [-0.3, -0.25) is 4.79 Å². The molecule has 33 heavy (non-hydrogen) atoms. The van der Waals surface area contributed by atoms with E-state index >= 15 is 0 Å². The summed E-state index contributed by atoms with van der Waals surface area (Å²) in [4.78, 5) is 17.2. The number of nitrogens with one attached hydrogen (secondary N) is 1. The number of likely N-dealkylation sites (N-methyl/N-ethyl adjacent to an activating group) is 1. The summed E-state index contributed by atoms with van der Waals surface area (Å²) in [5.74, 6) is 1.15. The van der Waals surface area contributed by atoms with Crippen LogP contribution in [0.25, 0.3) is 11.5 Å². The van der Waals surface area contributed by atoms with Crippen molar-refractivity contribution in [2.24, 2.45) is 0 Å². The Balaban J connectivity index is 1.36. The molecule has 0 spiro atoms. The zero-order valence-corrected chi connectivity index (χ0v) is 20.2. The first-order chi connectivity index (χ1) is 16.0. The summed E-state index contributed by atoms with van der Waals surface area (Å²) < 4.78 is 11.2. The Morgan fingerprint density at radius 3 is 2.64 bits per heavy atom. The Bertz CT molecular complexity index is 1080. The topological polar surface area (TPSA) is 83.7 Å². The first kappa shape index (κ1) is 23.4. The summed E-state index contributed by atoms with van der Waals surface area (Å²) in [5, 5.41) is 12.0. The smallest absolute Gasteiger partial charge is 0.277 e. The van der Waals surface area contributed by atoms with Gasteiger partial charge in [0.25, 0.3) is 5.22 Å². The van der Waals surface area contributed by atoms with Crippen LogP contribution in [0.3, 0.4) is 0 Å². The van der Waals surface area contributed by atoms with Crippen molar-refractivity contribution in [3.05, 3.63) is 47.5 Å². The van der Waals surface area contributed by atoms with Gasteiger partial charge in [0.05, 0.1) is 23.7 Å². The number of rotatable bonds is 8. The molecule has 0 unspecified atom stereocenters. The van der Waals surface area contributed by atoms with Crippen molar-refractivity contribution < 1.29 is 13.9 Å². The number of hydrogen-bond donors (Lipinski definition) is 1. The number of nitrogens with zero attached hydrogens (tertiary/aromatic N) is 4. The van der Waals surface area contributed by atoms with E-state index in [1.165, 1.54) is 11.8 Å². The number of carbonyl (C=O) groups is 1. The summed E-state index contributed by atoms with van der Waals surface area (Å²) in [6.07, 6.45) is 0. The number of aromatic nitrogens is 2. The normalized spacial score (nSPS) is 14.3. The number of benzene rings is 2. The molecule has 1 saturated heterocycles. The molecule has 0 aliphatic carbocycles. The fourth-order valence-corrected chi connectivity index (χ4v) is 4.23. The maximum absolute atomic E-state index is 12.7. The van der Waals surface area contributed by atoms with Crippen LogP contribution in [-0.2, 0) is 4.79 Å². The molecule has 0 atom stereocenters. The lowest BCUT2D eigenvalue weighted by Gasteiger charge is -2.35. The van der Waals surface area contributed by atoms with Crippen molar-refractivity contribution in [1.82, 2.24) is 15.1 Å². The van der Waals surface area contributed by atoms with Crippen LogP contribution in [0.1, 0.15) is 6.92 Å². The minimum atomic E-state index is -0.168. The molecule has 1 amide bonds. The Kier molecular flexibility index (Phi) is 7.74. The number of anilines is 2. The molecule has 1 aromatic heterocycles. The highest BCUT2D eigenvalue weighted by Crippen LogP contribution is 2.31. The molecule has 1 aliphatic heterocycles. The standard InChI is InChI=1S/C23H26ClN5O3S/c1-3-31-18-7-4-16(5-8-18)22-26-27-23(32-22)33-15-21(30)25-19-14-17(24)6-9-20(19)29-12-10-28(2)11-13-29/h4-9,14H,3,10-13,15H2,1-2H3,(H,25,30). The van der Waals surface area contributed by atoms with Gasteiger partial charge in [0.2, 0.25) is 11.8 Å². The van der Waals surface area contributed by atoms with E-state index in [-0.39, 0.29) is 11.7 Å². The molecule has 1 aliphatic rings. The van der Waals surface area contributed by atoms with Crippen LogP contribution in [0.2, 0.25) is 5.02 Å². The van der Waals surface area contributed by atoms with E-state index in [0.29, 0.717) is 28.4 Å². The number of hydrogen-bond acceptors (Lipinski definition) is 8. The van der Waals surface area contributed by atoms with Crippen LogP contribution in [0.4, 0.5) is 11.4 Å². The third-order valence-corrected chi connectivity index (χ3v) is 6.28. The zero-order valence-electron chi connectivity index (χ0n) is 18.6. The van der Waals surface area contributed by atoms with Crippen LogP contribution in [-0.4, -0.2) is 66.6 Å². The fourth-order valence-electron chi connectivity index (χ4n) is 3.49. The molecule has 3 aromatic rings. The largest absolute Gasteiger partial charge is 0.494 e. The molecular formula is C23H26ClN5O3S. The molecule has 8 nitrogen and oxygen atoms in total. The summed E-state index contributed by atoms with van der Waals surface area (Å²) in [6, 6.07) is 13.0. The average molecular weight is 488 g/mol. The monoisotopic (exact) mass is 487 g/mol. The molecule has 0 saturated carbocycles. The lowest BCUT2D eigenvalue weighted by Crippen LogP contribution is -2.44. The van der Waals surface area contributed by atoms with Crippen LogP contribution in [0.15, 0.2) is 52.1 Å². The molecule has 1 N–H and O–H groups in total. The van der Waals surface area contributed by atoms with Gasteiger partial charge in [-0.2, -0.15) is 0 Å². The van der Waals surface area contributed by atoms with E-state index < -0.39 is 0 Å². The van der Waals surface area contributed by atoms with Gasteiger partial charge in [-0.1, -0.05) is 23.4 Å². The second-order valence-electron chi connectivity index (χ2n) is 7.62. The minimum Gasteiger partial charge on any atom is -0.494 e. The van der Waals surface area contributed by atoms with Crippen molar-refractivity contribution in [3.63, 3.8) is 0 Å². The highest BCUT2D eigenvalue weighted by molar-refractivity contribution is 7.99. The zero-order chi connectivity index (χ0) is 23.2. The van der Waals surface area contributed by atoms with E-state index in [0.717, 1.165) is 43.2 Å². The molecular weight excluding hydrogens is 462 g/mol. The molecule has 2 aromatic carbocycles. The van der Waals surface area contributed by atoms with Crippen molar-refractivity contribution >= 4 is 40.6 Å². The second kappa shape index (κ2) is 10.9. The number of ether oxygens (including phenoxy) is 1. The SMILES string of the molecule is CCOc1ccc(-c2nnc(SCC(=O)Nc3cc(Cl)ccc3N3CCN(C)CC3)o2)cc1. The Labute approximate surface area is 202 Å². The van der Waals surface area contributed by atoms with Gasteiger partial charge in [-0.15, -0.1) is 10.2 Å². The number of thioether (sulfide) groups is 1. The van der Waals surface area contributed by atoms with Crippen LogP contribution in [0, 0.1) is 0 Å². The number of piperazine rings is 1. The Morgan fingerprint density at radius 2 is 1.91 bits per heavy atom. The van der Waals surface area contributed by atoms with E-state index in [2.05, 4.69) is 32.4 Å². The molecule has 2 heterocycles. The fraction of sp³-hybridized carbons (Fsp3) is 0.348. The quantitative estimate of drug-likeness (QED) is 0.471.